The van der Waals surface area contributed by atoms with Gasteiger partial charge in [-0.25, -0.2) is 9.97 Å². The third-order valence-corrected chi connectivity index (χ3v) is 2.45. The SMILES string of the molecule is FC(F)(F)c1ccnc(NCC2COCCN2)n1. The fourth-order valence-electron chi connectivity index (χ4n) is 1.57. The summed E-state index contributed by atoms with van der Waals surface area (Å²) in [6, 6.07) is 0.893. The van der Waals surface area contributed by atoms with E-state index in [2.05, 4.69) is 20.6 Å². The van der Waals surface area contributed by atoms with E-state index in [-0.39, 0.29) is 12.0 Å². The van der Waals surface area contributed by atoms with E-state index < -0.39 is 11.9 Å². The second kappa shape index (κ2) is 5.49. The zero-order valence-corrected chi connectivity index (χ0v) is 9.50. The normalized spacial score (nSPS) is 20.7. The lowest BCUT2D eigenvalue weighted by Gasteiger charge is -2.23. The summed E-state index contributed by atoms with van der Waals surface area (Å²) in [5, 5.41) is 5.93. The van der Waals surface area contributed by atoms with E-state index in [0.717, 1.165) is 18.8 Å². The van der Waals surface area contributed by atoms with E-state index in [1.54, 1.807) is 0 Å². The van der Waals surface area contributed by atoms with Crippen molar-refractivity contribution in [3.05, 3.63) is 18.0 Å². The van der Waals surface area contributed by atoms with Crippen molar-refractivity contribution in [1.82, 2.24) is 15.3 Å². The van der Waals surface area contributed by atoms with Crippen LogP contribution in [0.15, 0.2) is 12.3 Å². The number of hydrogen-bond acceptors (Lipinski definition) is 5. The third kappa shape index (κ3) is 3.54. The molecule has 0 spiro atoms. The average molecular weight is 262 g/mol. The minimum Gasteiger partial charge on any atom is -0.378 e. The van der Waals surface area contributed by atoms with Crippen LogP contribution < -0.4 is 10.6 Å². The molecule has 1 aromatic rings. The van der Waals surface area contributed by atoms with Crippen molar-refractivity contribution < 1.29 is 17.9 Å². The van der Waals surface area contributed by atoms with Gasteiger partial charge in [0.1, 0.15) is 5.69 Å². The second-order valence-corrected chi connectivity index (χ2v) is 3.87. The van der Waals surface area contributed by atoms with Crippen LogP contribution in [0.2, 0.25) is 0 Å². The molecule has 0 radical (unpaired) electrons. The Balaban J connectivity index is 1.92. The number of halogens is 3. The Morgan fingerprint density at radius 1 is 1.50 bits per heavy atom. The Hall–Kier alpha value is -1.41. The Morgan fingerprint density at radius 2 is 2.33 bits per heavy atom. The van der Waals surface area contributed by atoms with E-state index in [4.69, 9.17) is 4.74 Å². The molecule has 1 saturated heterocycles. The summed E-state index contributed by atoms with van der Waals surface area (Å²) in [6.07, 6.45) is -3.37. The Labute approximate surface area is 102 Å². The number of rotatable bonds is 3. The number of aromatic nitrogens is 2. The van der Waals surface area contributed by atoms with Crippen molar-refractivity contribution in [3.63, 3.8) is 0 Å². The fraction of sp³-hybridized carbons (Fsp3) is 0.600. The predicted octanol–water partition coefficient (Wildman–Crippen LogP) is 0.896. The standard InChI is InChI=1S/C10H13F3N4O/c11-10(12,13)8-1-2-15-9(17-8)16-5-7-6-18-4-3-14-7/h1-2,7,14H,3-6H2,(H,15,16,17). The van der Waals surface area contributed by atoms with E-state index >= 15 is 0 Å². The largest absolute Gasteiger partial charge is 0.433 e. The third-order valence-electron chi connectivity index (χ3n) is 2.45. The summed E-state index contributed by atoms with van der Waals surface area (Å²) >= 11 is 0. The molecule has 2 N–H and O–H groups in total. The van der Waals surface area contributed by atoms with Crippen molar-refractivity contribution in [1.29, 1.82) is 0 Å². The summed E-state index contributed by atoms with van der Waals surface area (Å²) in [5.74, 6) is -0.0304. The molecule has 0 aromatic carbocycles. The Bertz CT molecular complexity index is 393. The molecular weight excluding hydrogens is 249 g/mol. The van der Waals surface area contributed by atoms with Gasteiger partial charge in [-0.2, -0.15) is 13.2 Å². The minimum atomic E-state index is -4.45. The highest BCUT2D eigenvalue weighted by Gasteiger charge is 2.32. The summed E-state index contributed by atoms with van der Waals surface area (Å²) in [5.41, 5.74) is -0.951. The zero-order chi connectivity index (χ0) is 13.0. The van der Waals surface area contributed by atoms with Crippen LogP contribution in [0.4, 0.5) is 19.1 Å². The molecule has 5 nitrogen and oxygen atoms in total. The summed E-state index contributed by atoms with van der Waals surface area (Å²) < 4.78 is 42.5. The number of ether oxygens (including phenoxy) is 1. The highest BCUT2D eigenvalue weighted by Crippen LogP contribution is 2.27. The topological polar surface area (TPSA) is 59.1 Å². The second-order valence-electron chi connectivity index (χ2n) is 3.87. The van der Waals surface area contributed by atoms with Crippen LogP contribution in [-0.2, 0) is 10.9 Å². The lowest BCUT2D eigenvalue weighted by Crippen LogP contribution is -2.45. The van der Waals surface area contributed by atoms with Gasteiger partial charge >= 0.3 is 6.18 Å². The van der Waals surface area contributed by atoms with Crippen molar-refractivity contribution in [2.24, 2.45) is 0 Å². The van der Waals surface area contributed by atoms with Crippen LogP contribution >= 0.6 is 0 Å². The van der Waals surface area contributed by atoms with Crippen molar-refractivity contribution in [3.8, 4) is 0 Å². The first-order valence-electron chi connectivity index (χ1n) is 5.51. The van der Waals surface area contributed by atoms with Gasteiger partial charge < -0.3 is 15.4 Å². The highest BCUT2D eigenvalue weighted by molar-refractivity contribution is 5.26. The molecule has 1 aliphatic rings. The average Bonchev–Trinajstić information content (AvgIpc) is 2.37. The molecule has 1 atom stereocenters. The number of nitrogens with one attached hydrogen (secondary N) is 2. The van der Waals surface area contributed by atoms with Crippen LogP contribution in [-0.4, -0.2) is 42.3 Å². The molecule has 0 saturated carbocycles. The van der Waals surface area contributed by atoms with E-state index in [9.17, 15) is 13.2 Å². The molecule has 100 valence electrons. The number of nitrogens with zero attached hydrogens (tertiary/aromatic N) is 2. The van der Waals surface area contributed by atoms with Gasteiger partial charge in [-0.3, -0.25) is 0 Å². The Morgan fingerprint density at radius 3 is 3.00 bits per heavy atom. The number of morpholine rings is 1. The molecular formula is C10H13F3N4O. The van der Waals surface area contributed by atoms with Gasteiger partial charge in [0.25, 0.3) is 0 Å². The molecule has 1 unspecified atom stereocenters. The van der Waals surface area contributed by atoms with Crippen molar-refractivity contribution in [2.75, 3.05) is 31.6 Å². The molecule has 8 heteroatoms. The van der Waals surface area contributed by atoms with E-state index in [1.165, 1.54) is 0 Å². The summed E-state index contributed by atoms with van der Waals surface area (Å²) in [7, 11) is 0. The number of anilines is 1. The van der Waals surface area contributed by atoms with Gasteiger partial charge in [0.05, 0.1) is 13.2 Å². The van der Waals surface area contributed by atoms with Gasteiger partial charge in [0, 0.05) is 25.3 Å². The minimum absolute atomic E-state index is 0.0304. The molecule has 0 aliphatic carbocycles. The first-order chi connectivity index (χ1) is 8.55. The van der Waals surface area contributed by atoms with Gasteiger partial charge in [-0.15, -0.1) is 0 Å². The van der Waals surface area contributed by atoms with Gasteiger partial charge in [0.15, 0.2) is 0 Å². The number of alkyl halides is 3. The lowest BCUT2D eigenvalue weighted by atomic mass is 10.3. The van der Waals surface area contributed by atoms with E-state index in [0.29, 0.717) is 19.8 Å². The van der Waals surface area contributed by atoms with E-state index in [1.807, 2.05) is 0 Å². The van der Waals surface area contributed by atoms with Crippen molar-refractivity contribution in [2.45, 2.75) is 12.2 Å². The van der Waals surface area contributed by atoms with Gasteiger partial charge in [-0.05, 0) is 6.07 Å². The smallest absolute Gasteiger partial charge is 0.378 e. The van der Waals surface area contributed by atoms with Gasteiger partial charge in [-0.1, -0.05) is 0 Å². The molecule has 0 bridgehead atoms. The maximum Gasteiger partial charge on any atom is 0.433 e. The van der Waals surface area contributed by atoms with Crippen LogP contribution in [0, 0.1) is 0 Å². The maximum absolute atomic E-state index is 12.4. The molecule has 0 amide bonds. The predicted molar refractivity (Wildman–Crippen MR) is 58.1 cm³/mol. The first kappa shape index (κ1) is 13.0. The van der Waals surface area contributed by atoms with Crippen LogP contribution in [0.5, 0.6) is 0 Å². The monoisotopic (exact) mass is 262 g/mol. The van der Waals surface area contributed by atoms with Gasteiger partial charge in [0.2, 0.25) is 5.95 Å². The lowest BCUT2D eigenvalue weighted by molar-refractivity contribution is -0.141. The molecule has 1 aromatic heterocycles. The summed E-state index contributed by atoms with van der Waals surface area (Å²) in [6.45, 7) is 2.32. The molecule has 2 rings (SSSR count). The van der Waals surface area contributed by atoms with Crippen LogP contribution in [0.25, 0.3) is 0 Å². The van der Waals surface area contributed by atoms with Crippen LogP contribution in [0.3, 0.4) is 0 Å². The van der Waals surface area contributed by atoms with Crippen LogP contribution in [0.1, 0.15) is 5.69 Å². The zero-order valence-electron chi connectivity index (χ0n) is 9.50. The molecule has 2 heterocycles. The molecule has 18 heavy (non-hydrogen) atoms. The highest BCUT2D eigenvalue weighted by atomic mass is 19.4. The summed E-state index contributed by atoms with van der Waals surface area (Å²) in [4.78, 5) is 7.16. The fourth-order valence-corrected chi connectivity index (χ4v) is 1.57. The molecule has 1 fully saturated rings. The van der Waals surface area contributed by atoms with Crippen molar-refractivity contribution >= 4 is 5.95 Å². The Kier molecular flexibility index (Phi) is 3.97. The maximum atomic E-state index is 12.4. The first-order valence-corrected chi connectivity index (χ1v) is 5.51. The quantitative estimate of drug-likeness (QED) is 0.847. The molecule has 1 aliphatic heterocycles. The number of hydrogen-bond donors (Lipinski definition) is 2.